The van der Waals surface area contributed by atoms with Crippen LogP contribution >= 0.6 is 0 Å². The van der Waals surface area contributed by atoms with E-state index in [1.165, 1.54) is 5.57 Å². The zero-order valence-electron chi connectivity index (χ0n) is 18.6. The number of aliphatic hydroxyl groups is 1. The molecule has 8 atom stereocenters. The highest BCUT2D eigenvalue weighted by Crippen LogP contribution is 2.71. The first kappa shape index (κ1) is 20.9. The van der Waals surface area contributed by atoms with E-state index in [1.54, 1.807) is 6.26 Å². The number of allylic oxidation sites excluding steroid dienone is 5. The number of Topliss-reactive ketones (excluding diaryl/α,β-unsaturated/α-hetero) is 1. The zero-order chi connectivity index (χ0) is 21.2. The molecule has 3 fully saturated rings. The molecule has 0 aliphatic heterocycles. The number of nitrogens with two attached hydrogens (primary N) is 1. The Morgan fingerprint density at radius 1 is 1.38 bits per heavy atom. The second-order valence-corrected chi connectivity index (χ2v) is 10.7. The number of rotatable bonds is 3. The summed E-state index contributed by atoms with van der Waals surface area (Å²) in [7, 11) is 0. The van der Waals surface area contributed by atoms with Gasteiger partial charge in [0.05, 0.1) is 6.10 Å². The molecule has 4 aliphatic carbocycles. The molecule has 4 heteroatoms. The molecule has 160 valence electrons. The van der Waals surface area contributed by atoms with Gasteiger partial charge in [-0.15, -0.1) is 0 Å². The molecule has 0 radical (unpaired) electrons. The van der Waals surface area contributed by atoms with Crippen molar-refractivity contribution in [3.05, 3.63) is 35.6 Å². The van der Waals surface area contributed by atoms with Gasteiger partial charge in [0.1, 0.15) is 12.0 Å². The molecule has 0 amide bonds. The van der Waals surface area contributed by atoms with Crippen LogP contribution in [0.1, 0.15) is 66.7 Å². The van der Waals surface area contributed by atoms with Crippen LogP contribution < -0.4 is 5.90 Å². The highest BCUT2D eigenvalue weighted by molar-refractivity contribution is 5.86. The summed E-state index contributed by atoms with van der Waals surface area (Å²) in [4.78, 5) is 17.9. The Hall–Kier alpha value is -1.39. The van der Waals surface area contributed by atoms with Gasteiger partial charge in [-0.05, 0) is 48.9 Å². The minimum Gasteiger partial charge on any atom is -0.419 e. The Balaban J connectivity index is 1.74. The van der Waals surface area contributed by atoms with Crippen molar-refractivity contribution in [3.8, 4) is 0 Å². The Morgan fingerprint density at radius 2 is 2.10 bits per heavy atom. The molecule has 0 bridgehead atoms. The van der Waals surface area contributed by atoms with E-state index in [2.05, 4.69) is 45.9 Å². The molecule has 0 unspecified atom stereocenters. The smallest absolute Gasteiger partial charge is 0.139 e. The largest absolute Gasteiger partial charge is 0.419 e. The van der Waals surface area contributed by atoms with Gasteiger partial charge < -0.3 is 9.94 Å². The van der Waals surface area contributed by atoms with Crippen LogP contribution in [0.15, 0.2) is 35.6 Å². The second-order valence-electron chi connectivity index (χ2n) is 10.7. The van der Waals surface area contributed by atoms with Crippen molar-refractivity contribution in [2.45, 2.75) is 72.8 Å². The van der Waals surface area contributed by atoms with Gasteiger partial charge in [0.25, 0.3) is 0 Å². The Morgan fingerprint density at radius 3 is 2.76 bits per heavy atom. The molecule has 0 aromatic rings. The molecule has 0 aromatic heterocycles. The van der Waals surface area contributed by atoms with Gasteiger partial charge >= 0.3 is 0 Å². The van der Waals surface area contributed by atoms with Crippen LogP contribution in [0.2, 0.25) is 0 Å². The molecule has 3 saturated carbocycles. The number of hydrogen-bond donors (Lipinski definition) is 2. The van der Waals surface area contributed by atoms with E-state index >= 15 is 0 Å². The van der Waals surface area contributed by atoms with Crippen LogP contribution in [0.4, 0.5) is 0 Å². The van der Waals surface area contributed by atoms with Gasteiger partial charge in [0, 0.05) is 28.7 Å². The number of carbonyl (C=O) groups is 1. The average molecular weight is 400 g/mol. The highest BCUT2D eigenvalue weighted by atomic mass is 16.6. The van der Waals surface area contributed by atoms with Gasteiger partial charge in [-0.3, -0.25) is 4.79 Å². The average Bonchev–Trinajstić information content (AvgIpc) is 2.88. The summed E-state index contributed by atoms with van der Waals surface area (Å²) < 4.78 is 0. The predicted molar refractivity (Wildman–Crippen MR) is 114 cm³/mol. The summed E-state index contributed by atoms with van der Waals surface area (Å²) >= 11 is 0. The molecule has 0 spiro atoms. The lowest BCUT2D eigenvalue weighted by Crippen LogP contribution is -2.58. The van der Waals surface area contributed by atoms with Gasteiger partial charge in [0.2, 0.25) is 0 Å². The maximum Gasteiger partial charge on any atom is 0.139 e. The first-order valence-corrected chi connectivity index (χ1v) is 11.3. The van der Waals surface area contributed by atoms with Crippen molar-refractivity contribution in [1.29, 1.82) is 0 Å². The number of aliphatic hydroxyl groups excluding tert-OH is 1. The van der Waals surface area contributed by atoms with Crippen molar-refractivity contribution in [3.63, 3.8) is 0 Å². The Bertz CT molecular complexity index is 798. The minimum atomic E-state index is -0.398. The van der Waals surface area contributed by atoms with Crippen molar-refractivity contribution < 1.29 is 14.7 Å². The Labute approximate surface area is 175 Å². The summed E-state index contributed by atoms with van der Waals surface area (Å²) in [6.45, 7) is 11.0. The Kier molecular flexibility index (Phi) is 4.90. The van der Waals surface area contributed by atoms with Gasteiger partial charge in [-0.2, -0.15) is 5.90 Å². The van der Waals surface area contributed by atoms with Crippen molar-refractivity contribution in [2.24, 2.45) is 45.8 Å². The van der Waals surface area contributed by atoms with Crippen LogP contribution in [-0.2, 0) is 9.63 Å². The van der Waals surface area contributed by atoms with Crippen LogP contribution in [0.5, 0.6) is 0 Å². The molecule has 0 aromatic carbocycles. The number of fused-ring (bicyclic) bond motifs is 5. The van der Waals surface area contributed by atoms with Crippen molar-refractivity contribution >= 4 is 5.78 Å². The molecule has 4 rings (SSSR count). The molecule has 3 N–H and O–H groups in total. The summed E-state index contributed by atoms with van der Waals surface area (Å²) in [6.07, 6.45) is 12.2. The fourth-order valence-corrected chi connectivity index (χ4v) is 8.04. The van der Waals surface area contributed by atoms with Crippen LogP contribution in [0.25, 0.3) is 0 Å². The SMILES string of the molecule is CCC(=O)[C@@]1(C)[C@H](C)C[C@H]2[C@@H]3CCC4=C/C(=C/ON)C=C[C@]4(C)[C@H]3[C@@H](O)C[C@@]21C. The van der Waals surface area contributed by atoms with E-state index in [1.807, 2.05) is 6.92 Å². The summed E-state index contributed by atoms with van der Waals surface area (Å²) in [6, 6.07) is 0. The predicted octanol–water partition coefficient (Wildman–Crippen LogP) is 4.70. The third-order valence-electron chi connectivity index (χ3n) is 9.82. The number of carbonyl (C=O) groups excluding carboxylic acids is 1. The van der Waals surface area contributed by atoms with E-state index in [9.17, 15) is 9.90 Å². The highest BCUT2D eigenvalue weighted by Gasteiger charge is 2.68. The third-order valence-corrected chi connectivity index (χ3v) is 9.82. The second kappa shape index (κ2) is 6.81. The fraction of sp³-hybridized carbons (Fsp3) is 0.720. The first-order valence-electron chi connectivity index (χ1n) is 11.3. The van der Waals surface area contributed by atoms with Crippen LogP contribution in [-0.4, -0.2) is 17.0 Å². The molecule has 0 heterocycles. The van der Waals surface area contributed by atoms with Crippen molar-refractivity contribution in [1.82, 2.24) is 0 Å². The molecule has 29 heavy (non-hydrogen) atoms. The van der Waals surface area contributed by atoms with Gasteiger partial charge in [-0.1, -0.05) is 58.4 Å². The lowest BCUT2D eigenvalue weighted by atomic mass is 9.44. The zero-order valence-corrected chi connectivity index (χ0v) is 18.6. The quantitative estimate of drug-likeness (QED) is 0.533. The lowest BCUT2D eigenvalue weighted by Gasteiger charge is -2.60. The van der Waals surface area contributed by atoms with Crippen molar-refractivity contribution in [2.75, 3.05) is 0 Å². The topological polar surface area (TPSA) is 72.5 Å². The third kappa shape index (κ3) is 2.61. The minimum absolute atomic E-state index is 0.130. The summed E-state index contributed by atoms with van der Waals surface area (Å²) in [5.74, 6) is 7.09. The van der Waals surface area contributed by atoms with Gasteiger partial charge in [0.15, 0.2) is 0 Å². The number of hydrogen-bond acceptors (Lipinski definition) is 4. The molecule has 4 aliphatic rings. The fourth-order valence-electron chi connectivity index (χ4n) is 8.04. The van der Waals surface area contributed by atoms with E-state index in [4.69, 9.17) is 10.7 Å². The molecular formula is C25H37NO3. The van der Waals surface area contributed by atoms with E-state index in [0.29, 0.717) is 30.0 Å². The summed E-state index contributed by atoms with van der Waals surface area (Å²) in [5.41, 5.74) is 1.72. The van der Waals surface area contributed by atoms with E-state index < -0.39 is 6.10 Å². The molecule has 0 saturated heterocycles. The summed E-state index contributed by atoms with van der Waals surface area (Å²) in [5, 5.41) is 11.5. The molecular weight excluding hydrogens is 362 g/mol. The maximum atomic E-state index is 13.1. The van der Waals surface area contributed by atoms with E-state index in [0.717, 1.165) is 31.3 Å². The standard InChI is InChI=1S/C25H37NO3/c1-6-21(28)25(5)15(2)11-19-18-8-7-17-12-16(14-29-26)9-10-23(17,3)22(18)20(27)13-24(19,25)4/h9-10,12,14-15,18-20,22,27H,6-8,11,13,26H2,1-5H3/b16-14+/t15-,18+,19+,20+,22-,23+,24+,25-/m1/s1. The van der Waals surface area contributed by atoms with Crippen LogP contribution in [0, 0.1) is 39.9 Å². The van der Waals surface area contributed by atoms with E-state index in [-0.39, 0.29) is 22.2 Å². The molecule has 4 nitrogen and oxygen atoms in total. The first-order chi connectivity index (χ1) is 13.6. The lowest BCUT2D eigenvalue weighted by molar-refractivity contribution is -0.155. The maximum absolute atomic E-state index is 13.1. The monoisotopic (exact) mass is 399 g/mol. The normalized spacial score (nSPS) is 49.8. The van der Waals surface area contributed by atoms with Gasteiger partial charge in [-0.25, -0.2) is 0 Å². The van der Waals surface area contributed by atoms with Crippen LogP contribution in [0.3, 0.4) is 0 Å². The number of ketones is 1.